The predicted molar refractivity (Wildman–Crippen MR) is 72.7 cm³/mol. The highest BCUT2D eigenvalue weighted by Crippen LogP contribution is 2.22. The smallest absolute Gasteiger partial charge is 0.135 e. The number of nitrogens with two attached hydrogens (primary N) is 1. The van der Waals surface area contributed by atoms with Crippen molar-refractivity contribution in [3.05, 3.63) is 11.4 Å². The summed E-state index contributed by atoms with van der Waals surface area (Å²) in [5, 5.41) is 3.43. The monoisotopic (exact) mass is 250 g/mol. The Morgan fingerprint density at radius 3 is 2.78 bits per heavy atom. The van der Waals surface area contributed by atoms with E-state index in [1.54, 1.807) is 0 Å². The number of ether oxygens (including phenoxy) is 1. The fraction of sp³-hybridized carbons (Fsp3) is 0.692. The second-order valence-corrected chi connectivity index (χ2v) is 5.15. The van der Waals surface area contributed by atoms with Gasteiger partial charge in [-0.25, -0.2) is 9.97 Å². The minimum atomic E-state index is 0.274. The lowest BCUT2D eigenvalue weighted by molar-refractivity contribution is 0.0875. The third-order valence-electron chi connectivity index (χ3n) is 3.22. The Balaban J connectivity index is 2.19. The standard InChI is InChI=1S/C13H22N4O/c1-8(2)12-16-11(14)9(3)13(17-12)15-10-5-4-6-18-7-10/h8,10H,4-7H2,1-3H3,(H3,14,15,16,17). The van der Waals surface area contributed by atoms with E-state index < -0.39 is 0 Å². The highest BCUT2D eigenvalue weighted by Gasteiger charge is 2.17. The van der Waals surface area contributed by atoms with E-state index in [-0.39, 0.29) is 5.92 Å². The van der Waals surface area contributed by atoms with Gasteiger partial charge in [0.05, 0.1) is 12.6 Å². The van der Waals surface area contributed by atoms with Gasteiger partial charge in [0.15, 0.2) is 0 Å². The molecule has 0 spiro atoms. The Morgan fingerprint density at radius 1 is 1.39 bits per heavy atom. The summed E-state index contributed by atoms with van der Waals surface area (Å²) in [7, 11) is 0. The first-order valence-corrected chi connectivity index (χ1v) is 6.56. The van der Waals surface area contributed by atoms with Gasteiger partial charge in [0.25, 0.3) is 0 Å². The third kappa shape index (κ3) is 2.90. The van der Waals surface area contributed by atoms with E-state index >= 15 is 0 Å². The van der Waals surface area contributed by atoms with Crippen molar-refractivity contribution in [3.63, 3.8) is 0 Å². The molecule has 0 aromatic carbocycles. The zero-order chi connectivity index (χ0) is 13.1. The van der Waals surface area contributed by atoms with Gasteiger partial charge in [0.1, 0.15) is 17.5 Å². The van der Waals surface area contributed by atoms with Gasteiger partial charge in [-0.05, 0) is 19.8 Å². The van der Waals surface area contributed by atoms with Crippen LogP contribution >= 0.6 is 0 Å². The molecule has 1 aromatic rings. The normalized spacial score (nSPS) is 20.1. The van der Waals surface area contributed by atoms with E-state index in [1.165, 1.54) is 0 Å². The Hall–Kier alpha value is -1.36. The van der Waals surface area contributed by atoms with Crippen LogP contribution in [0.15, 0.2) is 0 Å². The van der Waals surface area contributed by atoms with E-state index in [0.29, 0.717) is 11.9 Å². The van der Waals surface area contributed by atoms with Crippen LogP contribution < -0.4 is 11.1 Å². The van der Waals surface area contributed by atoms with Gasteiger partial charge in [0.2, 0.25) is 0 Å². The molecule has 0 radical (unpaired) electrons. The molecule has 5 nitrogen and oxygen atoms in total. The molecule has 1 fully saturated rings. The summed E-state index contributed by atoms with van der Waals surface area (Å²) in [5.74, 6) is 2.48. The molecule has 0 amide bonds. The Morgan fingerprint density at radius 2 is 2.17 bits per heavy atom. The fourth-order valence-corrected chi connectivity index (χ4v) is 2.00. The molecular weight excluding hydrogens is 228 g/mol. The third-order valence-corrected chi connectivity index (χ3v) is 3.22. The van der Waals surface area contributed by atoms with Crippen LogP contribution in [0.3, 0.4) is 0 Å². The molecule has 1 unspecified atom stereocenters. The number of nitrogens with one attached hydrogen (secondary N) is 1. The highest BCUT2D eigenvalue weighted by atomic mass is 16.5. The van der Waals surface area contributed by atoms with Crippen molar-refractivity contribution in [2.45, 2.75) is 45.6 Å². The largest absolute Gasteiger partial charge is 0.383 e. The number of rotatable bonds is 3. The molecule has 18 heavy (non-hydrogen) atoms. The van der Waals surface area contributed by atoms with Crippen LogP contribution in [-0.2, 0) is 4.74 Å². The van der Waals surface area contributed by atoms with Gasteiger partial charge in [-0.3, -0.25) is 0 Å². The first-order chi connectivity index (χ1) is 8.58. The minimum absolute atomic E-state index is 0.274. The Labute approximate surface area is 108 Å². The molecular formula is C13H22N4O. The van der Waals surface area contributed by atoms with Crippen molar-refractivity contribution in [1.29, 1.82) is 0 Å². The lowest BCUT2D eigenvalue weighted by Crippen LogP contribution is -2.31. The van der Waals surface area contributed by atoms with E-state index in [4.69, 9.17) is 10.5 Å². The Bertz CT molecular complexity index is 414. The molecule has 2 heterocycles. The van der Waals surface area contributed by atoms with Crippen LogP contribution in [0.4, 0.5) is 11.6 Å². The fourth-order valence-electron chi connectivity index (χ4n) is 2.00. The molecule has 1 aromatic heterocycles. The van der Waals surface area contributed by atoms with Crippen molar-refractivity contribution in [2.24, 2.45) is 0 Å². The lowest BCUT2D eigenvalue weighted by atomic mass is 10.1. The van der Waals surface area contributed by atoms with Gasteiger partial charge in [-0.15, -0.1) is 0 Å². The molecule has 5 heteroatoms. The first-order valence-electron chi connectivity index (χ1n) is 6.56. The number of hydrogen-bond acceptors (Lipinski definition) is 5. The first kappa shape index (κ1) is 13.1. The number of anilines is 2. The molecule has 2 rings (SSSR count). The summed E-state index contributed by atoms with van der Waals surface area (Å²) in [6, 6.07) is 0.326. The zero-order valence-corrected chi connectivity index (χ0v) is 11.4. The second-order valence-electron chi connectivity index (χ2n) is 5.15. The summed E-state index contributed by atoms with van der Waals surface area (Å²) in [6.07, 6.45) is 2.20. The van der Waals surface area contributed by atoms with Crippen LogP contribution in [0.5, 0.6) is 0 Å². The maximum Gasteiger partial charge on any atom is 0.135 e. The topological polar surface area (TPSA) is 73.1 Å². The summed E-state index contributed by atoms with van der Waals surface area (Å²) in [6.45, 7) is 7.68. The van der Waals surface area contributed by atoms with Crippen molar-refractivity contribution in [2.75, 3.05) is 24.3 Å². The molecule has 1 aliphatic rings. The summed E-state index contributed by atoms with van der Waals surface area (Å²) in [5.41, 5.74) is 6.86. The summed E-state index contributed by atoms with van der Waals surface area (Å²) < 4.78 is 5.46. The van der Waals surface area contributed by atoms with Crippen LogP contribution in [0, 0.1) is 6.92 Å². The van der Waals surface area contributed by atoms with Crippen molar-refractivity contribution in [3.8, 4) is 0 Å². The maximum absolute atomic E-state index is 5.94. The van der Waals surface area contributed by atoms with Crippen molar-refractivity contribution >= 4 is 11.6 Å². The quantitative estimate of drug-likeness (QED) is 0.859. The van der Waals surface area contributed by atoms with Crippen molar-refractivity contribution < 1.29 is 4.74 Å². The highest BCUT2D eigenvalue weighted by molar-refractivity contribution is 5.55. The van der Waals surface area contributed by atoms with E-state index in [0.717, 1.165) is 43.3 Å². The van der Waals surface area contributed by atoms with Crippen molar-refractivity contribution in [1.82, 2.24) is 9.97 Å². The molecule has 1 aliphatic heterocycles. The molecule has 3 N–H and O–H groups in total. The molecule has 0 bridgehead atoms. The number of hydrogen-bond donors (Lipinski definition) is 2. The lowest BCUT2D eigenvalue weighted by Gasteiger charge is -2.25. The van der Waals surface area contributed by atoms with Crippen LogP contribution in [0.2, 0.25) is 0 Å². The van der Waals surface area contributed by atoms with Gasteiger partial charge in [0, 0.05) is 18.1 Å². The van der Waals surface area contributed by atoms with Gasteiger partial charge in [-0.1, -0.05) is 13.8 Å². The minimum Gasteiger partial charge on any atom is -0.383 e. The molecule has 100 valence electrons. The van der Waals surface area contributed by atoms with E-state index in [9.17, 15) is 0 Å². The predicted octanol–water partition coefficient (Wildman–Crippen LogP) is 2.08. The van der Waals surface area contributed by atoms with Gasteiger partial charge >= 0.3 is 0 Å². The van der Waals surface area contributed by atoms with E-state index in [2.05, 4.69) is 29.1 Å². The second kappa shape index (κ2) is 5.52. The van der Waals surface area contributed by atoms with Crippen LogP contribution in [0.1, 0.15) is 44.0 Å². The molecule has 0 aliphatic carbocycles. The van der Waals surface area contributed by atoms with Gasteiger partial charge < -0.3 is 15.8 Å². The SMILES string of the molecule is Cc1c(N)nc(C(C)C)nc1NC1CCCOC1. The number of aromatic nitrogens is 2. The van der Waals surface area contributed by atoms with Gasteiger partial charge in [-0.2, -0.15) is 0 Å². The molecule has 1 saturated heterocycles. The average molecular weight is 250 g/mol. The molecule has 0 saturated carbocycles. The summed E-state index contributed by atoms with van der Waals surface area (Å²) >= 11 is 0. The number of nitrogens with zero attached hydrogens (tertiary/aromatic N) is 2. The summed E-state index contributed by atoms with van der Waals surface area (Å²) in [4.78, 5) is 8.89. The number of nitrogen functional groups attached to an aromatic ring is 1. The van der Waals surface area contributed by atoms with Crippen LogP contribution in [0.25, 0.3) is 0 Å². The maximum atomic E-state index is 5.94. The van der Waals surface area contributed by atoms with Crippen LogP contribution in [-0.4, -0.2) is 29.2 Å². The molecule has 1 atom stereocenters. The van der Waals surface area contributed by atoms with E-state index in [1.807, 2.05) is 6.92 Å². The zero-order valence-electron chi connectivity index (χ0n) is 11.4. The average Bonchev–Trinajstić information content (AvgIpc) is 2.35. The Kier molecular flexibility index (Phi) is 4.01.